The summed E-state index contributed by atoms with van der Waals surface area (Å²) in [5, 5.41) is -0.217. The van der Waals surface area contributed by atoms with E-state index in [0.29, 0.717) is 25.6 Å². The number of rotatable bonds is 10. The molecule has 0 spiro atoms. The fourth-order valence-corrected chi connectivity index (χ4v) is 3.74. The van der Waals surface area contributed by atoms with E-state index in [-0.39, 0.29) is 5.25 Å². The highest BCUT2D eigenvalue weighted by Gasteiger charge is 2.36. The number of likely N-dealkylation sites (tertiary alicyclic amines) is 1. The van der Waals surface area contributed by atoms with Crippen LogP contribution in [-0.2, 0) is 14.8 Å². The molecule has 6 heteroatoms. The monoisotopic (exact) mass is 292 g/mol. The van der Waals surface area contributed by atoms with Crippen LogP contribution in [0.4, 0.5) is 0 Å². The molecule has 1 rings (SSSR count). The molecule has 0 atom stereocenters. The van der Waals surface area contributed by atoms with Gasteiger partial charge in [-0.2, -0.15) is 0 Å². The summed E-state index contributed by atoms with van der Waals surface area (Å²) in [7, 11) is -1.43. The summed E-state index contributed by atoms with van der Waals surface area (Å²) in [4.78, 5) is 2.20. The average molecular weight is 292 g/mol. The van der Waals surface area contributed by atoms with Gasteiger partial charge in [-0.25, -0.2) is 13.1 Å². The highest BCUT2D eigenvalue weighted by atomic mass is 32.2. The van der Waals surface area contributed by atoms with E-state index >= 15 is 0 Å². The summed E-state index contributed by atoms with van der Waals surface area (Å²) in [6, 6.07) is 0. The molecule has 19 heavy (non-hydrogen) atoms. The van der Waals surface area contributed by atoms with Crippen molar-refractivity contribution in [3.63, 3.8) is 0 Å². The normalized spacial score (nSPS) is 17.9. The lowest BCUT2D eigenvalue weighted by Crippen LogP contribution is -2.58. The SMILES string of the molecule is COCCCCCNS(=O)(=O)C1CN(CC(C)C)C1. The third-order valence-electron chi connectivity index (χ3n) is 3.31. The van der Waals surface area contributed by atoms with E-state index in [0.717, 1.165) is 32.4 Å². The average Bonchev–Trinajstić information content (AvgIpc) is 2.27. The van der Waals surface area contributed by atoms with Crippen molar-refractivity contribution in [1.82, 2.24) is 9.62 Å². The maximum atomic E-state index is 12.0. The van der Waals surface area contributed by atoms with Crippen LogP contribution < -0.4 is 4.72 Å². The van der Waals surface area contributed by atoms with E-state index < -0.39 is 10.0 Å². The van der Waals surface area contributed by atoms with Crippen LogP contribution in [0.25, 0.3) is 0 Å². The van der Waals surface area contributed by atoms with Gasteiger partial charge in [0, 0.05) is 39.9 Å². The zero-order valence-corrected chi connectivity index (χ0v) is 13.2. The zero-order chi connectivity index (χ0) is 14.3. The van der Waals surface area contributed by atoms with Crippen LogP contribution in [-0.4, -0.2) is 58.5 Å². The van der Waals surface area contributed by atoms with Gasteiger partial charge in [0.05, 0.1) is 0 Å². The number of unbranched alkanes of at least 4 members (excludes halogenated alkanes) is 2. The van der Waals surface area contributed by atoms with Gasteiger partial charge >= 0.3 is 0 Å². The Morgan fingerprint density at radius 2 is 1.95 bits per heavy atom. The topological polar surface area (TPSA) is 58.6 Å². The smallest absolute Gasteiger partial charge is 0.217 e. The van der Waals surface area contributed by atoms with Crippen molar-refractivity contribution >= 4 is 10.0 Å². The van der Waals surface area contributed by atoms with E-state index in [1.165, 1.54) is 0 Å². The van der Waals surface area contributed by atoms with Crippen LogP contribution in [0.2, 0.25) is 0 Å². The van der Waals surface area contributed by atoms with E-state index in [4.69, 9.17) is 4.74 Å². The second kappa shape index (κ2) is 8.19. The lowest BCUT2D eigenvalue weighted by atomic mass is 10.1. The van der Waals surface area contributed by atoms with Crippen LogP contribution in [0, 0.1) is 5.92 Å². The molecule has 1 aliphatic heterocycles. The molecule has 114 valence electrons. The van der Waals surface area contributed by atoms with Gasteiger partial charge in [0.2, 0.25) is 10.0 Å². The molecular weight excluding hydrogens is 264 g/mol. The number of sulfonamides is 1. The van der Waals surface area contributed by atoms with Gasteiger partial charge < -0.3 is 9.64 Å². The molecule has 0 amide bonds. The maximum absolute atomic E-state index is 12.0. The van der Waals surface area contributed by atoms with Crippen LogP contribution in [0.5, 0.6) is 0 Å². The van der Waals surface area contributed by atoms with Crippen molar-refractivity contribution in [2.45, 2.75) is 38.4 Å². The molecule has 0 aliphatic carbocycles. The minimum atomic E-state index is -3.11. The molecule has 0 radical (unpaired) electrons. The van der Waals surface area contributed by atoms with Gasteiger partial charge in [0.25, 0.3) is 0 Å². The summed E-state index contributed by atoms with van der Waals surface area (Å²) < 4.78 is 31.6. The summed E-state index contributed by atoms with van der Waals surface area (Å²) in [5.74, 6) is 0.595. The minimum Gasteiger partial charge on any atom is -0.385 e. The molecule has 1 saturated heterocycles. The molecule has 0 unspecified atom stereocenters. The molecule has 0 aromatic heterocycles. The molecule has 0 bridgehead atoms. The Bertz CT molecular complexity index is 338. The molecule has 0 aromatic rings. The standard InChI is InChI=1S/C13H28N2O3S/c1-12(2)9-15-10-13(11-15)19(16,17)14-7-5-4-6-8-18-3/h12-14H,4-11H2,1-3H3. The Labute approximate surface area is 117 Å². The Hall–Kier alpha value is -0.170. The molecule has 0 aromatic carbocycles. The van der Waals surface area contributed by atoms with Crippen molar-refractivity contribution in [1.29, 1.82) is 0 Å². The summed E-state index contributed by atoms with van der Waals surface area (Å²) >= 11 is 0. The number of nitrogens with one attached hydrogen (secondary N) is 1. The maximum Gasteiger partial charge on any atom is 0.217 e. The van der Waals surface area contributed by atoms with Gasteiger partial charge in [-0.05, 0) is 25.2 Å². The number of hydrogen-bond donors (Lipinski definition) is 1. The van der Waals surface area contributed by atoms with Crippen LogP contribution in [0.1, 0.15) is 33.1 Å². The number of ether oxygens (including phenoxy) is 1. The van der Waals surface area contributed by atoms with E-state index in [2.05, 4.69) is 23.5 Å². The van der Waals surface area contributed by atoms with Gasteiger partial charge in [-0.15, -0.1) is 0 Å². The Balaban J connectivity index is 2.12. The minimum absolute atomic E-state index is 0.217. The lowest BCUT2D eigenvalue weighted by Gasteiger charge is -2.39. The molecule has 1 fully saturated rings. The molecule has 1 aliphatic rings. The zero-order valence-electron chi connectivity index (χ0n) is 12.4. The van der Waals surface area contributed by atoms with Crippen LogP contribution >= 0.6 is 0 Å². The van der Waals surface area contributed by atoms with Crippen LogP contribution in [0.3, 0.4) is 0 Å². The molecular formula is C13H28N2O3S. The second-order valence-electron chi connectivity index (χ2n) is 5.73. The lowest BCUT2D eigenvalue weighted by molar-refractivity contribution is 0.163. The van der Waals surface area contributed by atoms with Gasteiger partial charge in [0.1, 0.15) is 5.25 Å². The Kier molecular flexibility index (Phi) is 7.28. The predicted octanol–water partition coefficient (Wildman–Crippen LogP) is 1.06. The molecule has 5 nitrogen and oxygen atoms in total. The van der Waals surface area contributed by atoms with E-state index in [9.17, 15) is 8.42 Å². The van der Waals surface area contributed by atoms with Crippen molar-refractivity contribution < 1.29 is 13.2 Å². The van der Waals surface area contributed by atoms with Crippen LogP contribution in [0.15, 0.2) is 0 Å². The number of methoxy groups -OCH3 is 1. The van der Waals surface area contributed by atoms with E-state index in [1.54, 1.807) is 7.11 Å². The molecule has 1 heterocycles. The van der Waals surface area contributed by atoms with Gasteiger partial charge in [-0.1, -0.05) is 13.8 Å². The fourth-order valence-electron chi connectivity index (χ4n) is 2.26. The van der Waals surface area contributed by atoms with E-state index in [1.807, 2.05) is 0 Å². The quantitative estimate of drug-likeness (QED) is 0.612. The van der Waals surface area contributed by atoms with Crippen molar-refractivity contribution in [2.75, 3.05) is 39.9 Å². The number of nitrogens with zero attached hydrogens (tertiary/aromatic N) is 1. The summed E-state index contributed by atoms with van der Waals surface area (Å²) in [6.07, 6.45) is 2.87. The first kappa shape index (κ1) is 16.9. The fraction of sp³-hybridized carbons (Fsp3) is 1.00. The first-order valence-electron chi connectivity index (χ1n) is 7.15. The predicted molar refractivity (Wildman–Crippen MR) is 77.7 cm³/mol. The largest absolute Gasteiger partial charge is 0.385 e. The second-order valence-corrected chi connectivity index (χ2v) is 7.77. The van der Waals surface area contributed by atoms with Gasteiger partial charge in [0.15, 0.2) is 0 Å². The highest BCUT2D eigenvalue weighted by molar-refractivity contribution is 7.90. The van der Waals surface area contributed by atoms with Gasteiger partial charge in [-0.3, -0.25) is 0 Å². The van der Waals surface area contributed by atoms with Crippen molar-refractivity contribution in [2.24, 2.45) is 5.92 Å². The Morgan fingerprint density at radius 3 is 2.53 bits per heavy atom. The summed E-state index contributed by atoms with van der Waals surface area (Å²) in [6.45, 7) is 7.95. The highest BCUT2D eigenvalue weighted by Crippen LogP contribution is 2.16. The summed E-state index contributed by atoms with van der Waals surface area (Å²) in [5.41, 5.74) is 0. The van der Waals surface area contributed by atoms with Crippen molar-refractivity contribution in [3.05, 3.63) is 0 Å². The first-order valence-corrected chi connectivity index (χ1v) is 8.70. The third-order valence-corrected chi connectivity index (χ3v) is 5.10. The molecule has 0 saturated carbocycles. The Morgan fingerprint density at radius 1 is 1.26 bits per heavy atom. The third kappa shape index (κ3) is 6.21. The molecule has 1 N–H and O–H groups in total. The van der Waals surface area contributed by atoms with Crippen molar-refractivity contribution in [3.8, 4) is 0 Å². The number of hydrogen-bond acceptors (Lipinski definition) is 4. The first-order chi connectivity index (χ1) is 8.95.